The Morgan fingerprint density at radius 2 is 1.67 bits per heavy atom. The summed E-state index contributed by atoms with van der Waals surface area (Å²) in [5.74, 6) is -1.86. The highest BCUT2D eigenvalue weighted by molar-refractivity contribution is 6.51. The summed E-state index contributed by atoms with van der Waals surface area (Å²) >= 11 is 6.07. The van der Waals surface area contributed by atoms with Crippen LogP contribution in [0.5, 0.6) is 11.5 Å². The number of alkyl halides is 3. The highest BCUT2D eigenvalue weighted by atomic mass is 35.5. The molecule has 3 aromatic carbocycles. The van der Waals surface area contributed by atoms with Gasteiger partial charge >= 0.3 is 6.18 Å². The SMILES string of the molecule is COc1cccc(C2/C(=C(/O)c3ccc(Cl)c(OC)c3)C(=O)C(=O)N2c2ccc(C(F)(F)F)cc2)c1. The summed E-state index contributed by atoms with van der Waals surface area (Å²) in [4.78, 5) is 27.4. The molecule has 0 saturated carbocycles. The smallest absolute Gasteiger partial charge is 0.416 e. The molecule has 1 unspecified atom stereocenters. The number of halogens is 4. The summed E-state index contributed by atoms with van der Waals surface area (Å²) in [7, 11) is 2.82. The number of amides is 1. The van der Waals surface area contributed by atoms with Crippen molar-refractivity contribution in [1.29, 1.82) is 0 Å². The number of hydrogen-bond acceptors (Lipinski definition) is 5. The van der Waals surface area contributed by atoms with Crippen LogP contribution in [-0.4, -0.2) is 31.0 Å². The summed E-state index contributed by atoms with van der Waals surface area (Å²) in [5, 5.41) is 11.5. The van der Waals surface area contributed by atoms with Crippen molar-refractivity contribution < 1.29 is 37.3 Å². The molecule has 0 spiro atoms. The predicted molar refractivity (Wildman–Crippen MR) is 127 cm³/mol. The maximum atomic E-state index is 13.2. The van der Waals surface area contributed by atoms with E-state index in [4.69, 9.17) is 21.1 Å². The number of benzene rings is 3. The Morgan fingerprint density at radius 1 is 0.972 bits per heavy atom. The van der Waals surface area contributed by atoms with Crippen molar-refractivity contribution >= 4 is 34.7 Å². The lowest BCUT2D eigenvalue weighted by Crippen LogP contribution is -2.29. The van der Waals surface area contributed by atoms with Crippen molar-refractivity contribution in [2.75, 3.05) is 19.1 Å². The van der Waals surface area contributed by atoms with Crippen molar-refractivity contribution in [3.05, 3.63) is 94.0 Å². The Hall–Kier alpha value is -3.98. The minimum atomic E-state index is -4.58. The molecule has 1 saturated heterocycles. The number of rotatable bonds is 5. The summed E-state index contributed by atoms with van der Waals surface area (Å²) < 4.78 is 49.7. The molecule has 10 heteroatoms. The number of aliphatic hydroxyl groups excluding tert-OH is 1. The maximum Gasteiger partial charge on any atom is 0.416 e. The lowest BCUT2D eigenvalue weighted by Gasteiger charge is -2.26. The van der Waals surface area contributed by atoms with Crippen molar-refractivity contribution in [1.82, 2.24) is 0 Å². The lowest BCUT2D eigenvalue weighted by molar-refractivity contribution is -0.137. The zero-order valence-corrected chi connectivity index (χ0v) is 19.7. The molecule has 1 aliphatic rings. The summed E-state index contributed by atoms with van der Waals surface area (Å²) in [5.41, 5.74) is -0.553. The van der Waals surface area contributed by atoms with Crippen LogP contribution in [0.15, 0.2) is 72.3 Å². The molecule has 1 fully saturated rings. The first-order chi connectivity index (χ1) is 17.1. The van der Waals surface area contributed by atoms with Crippen LogP contribution < -0.4 is 14.4 Å². The Kier molecular flexibility index (Phi) is 6.69. The summed E-state index contributed by atoms with van der Waals surface area (Å²) in [6.07, 6.45) is -4.58. The van der Waals surface area contributed by atoms with E-state index in [1.54, 1.807) is 24.3 Å². The largest absolute Gasteiger partial charge is 0.507 e. The van der Waals surface area contributed by atoms with E-state index in [0.717, 1.165) is 29.2 Å². The number of ketones is 1. The molecule has 186 valence electrons. The molecule has 0 radical (unpaired) electrons. The van der Waals surface area contributed by atoms with E-state index in [2.05, 4.69) is 0 Å². The van der Waals surface area contributed by atoms with Gasteiger partial charge in [0, 0.05) is 11.3 Å². The number of carbonyl (C=O) groups is 2. The second kappa shape index (κ2) is 9.58. The third-order valence-electron chi connectivity index (χ3n) is 5.75. The van der Waals surface area contributed by atoms with E-state index in [1.807, 2.05) is 0 Å². The quantitative estimate of drug-likeness (QED) is 0.255. The lowest BCUT2D eigenvalue weighted by atomic mass is 9.95. The number of Topliss-reactive ketones (excluding diaryl/α,β-unsaturated/α-hetero) is 1. The van der Waals surface area contributed by atoms with Gasteiger partial charge in [0.15, 0.2) is 0 Å². The number of anilines is 1. The molecule has 3 aromatic rings. The van der Waals surface area contributed by atoms with Gasteiger partial charge in [-0.3, -0.25) is 14.5 Å². The first-order valence-electron chi connectivity index (χ1n) is 10.5. The standard InChI is InChI=1S/C26H19ClF3NO5/c1-35-18-5-3-4-14(12-18)22-21(23(32)15-6-11-19(27)20(13-15)36-2)24(33)25(34)31(22)17-9-7-16(8-10-17)26(28,29)30/h3-13,22,32H,1-2H3/b23-21-. The summed E-state index contributed by atoms with van der Waals surface area (Å²) in [6, 6.07) is 13.5. The number of methoxy groups -OCH3 is 2. The van der Waals surface area contributed by atoms with Gasteiger partial charge in [-0.2, -0.15) is 13.2 Å². The normalized spacial score (nSPS) is 17.4. The molecule has 1 aliphatic heterocycles. The van der Waals surface area contributed by atoms with Gasteiger partial charge in [-0.05, 0) is 60.2 Å². The van der Waals surface area contributed by atoms with Gasteiger partial charge in [0.25, 0.3) is 11.7 Å². The predicted octanol–water partition coefficient (Wildman–Crippen LogP) is 6.00. The van der Waals surface area contributed by atoms with E-state index in [1.165, 1.54) is 32.4 Å². The van der Waals surface area contributed by atoms with Crippen LogP contribution in [0.25, 0.3) is 5.76 Å². The van der Waals surface area contributed by atoms with E-state index < -0.39 is 35.2 Å². The van der Waals surface area contributed by atoms with Crippen LogP contribution in [0.1, 0.15) is 22.7 Å². The molecule has 1 amide bonds. The number of ether oxygens (including phenoxy) is 2. The van der Waals surface area contributed by atoms with Gasteiger partial charge in [-0.15, -0.1) is 0 Å². The molecule has 36 heavy (non-hydrogen) atoms. The molecule has 0 bridgehead atoms. The zero-order chi connectivity index (χ0) is 26.2. The van der Waals surface area contributed by atoms with Gasteiger partial charge in [0.05, 0.1) is 36.4 Å². The Labute approximate surface area is 209 Å². The fourth-order valence-corrected chi connectivity index (χ4v) is 4.19. The average molecular weight is 518 g/mol. The highest BCUT2D eigenvalue weighted by Gasteiger charge is 2.47. The topological polar surface area (TPSA) is 76.1 Å². The third kappa shape index (κ3) is 4.49. The van der Waals surface area contributed by atoms with Crippen LogP contribution in [0, 0.1) is 0 Å². The maximum absolute atomic E-state index is 13.2. The van der Waals surface area contributed by atoms with Crippen LogP contribution in [-0.2, 0) is 15.8 Å². The fraction of sp³-hybridized carbons (Fsp3) is 0.154. The van der Waals surface area contributed by atoms with Crippen LogP contribution in [0.4, 0.5) is 18.9 Å². The molecule has 0 aromatic heterocycles. The van der Waals surface area contributed by atoms with E-state index in [0.29, 0.717) is 11.3 Å². The van der Waals surface area contributed by atoms with Gasteiger partial charge < -0.3 is 14.6 Å². The molecule has 1 heterocycles. The molecular formula is C26H19ClF3NO5. The van der Waals surface area contributed by atoms with Crippen molar-refractivity contribution in [3.8, 4) is 11.5 Å². The van der Waals surface area contributed by atoms with Gasteiger partial charge in [0.2, 0.25) is 0 Å². The minimum absolute atomic E-state index is 0.0469. The third-order valence-corrected chi connectivity index (χ3v) is 6.06. The fourth-order valence-electron chi connectivity index (χ4n) is 4.00. The average Bonchev–Trinajstić information content (AvgIpc) is 3.13. The van der Waals surface area contributed by atoms with Gasteiger partial charge in [0.1, 0.15) is 17.3 Å². The van der Waals surface area contributed by atoms with Gasteiger partial charge in [-0.25, -0.2) is 0 Å². The van der Waals surface area contributed by atoms with Crippen molar-refractivity contribution in [3.63, 3.8) is 0 Å². The highest BCUT2D eigenvalue weighted by Crippen LogP contribution is 2.44. The monoisotopic (exact) mass is 517 g/mol. The molecular weight excluding hydrogens is 499 g/mol. The second-order valence-electron chi connectivity index (χ2n) is 7.84. The Balaban J connectivity index is 1.93. The zero-order valence-electron chi connectivity index (χ0n) is 19.0. The van der Waals surface area contributed by atoms with Crippen LogP contribution >= 0.6 is 11.6 Å². The summed E-state index contributed by atoms with van der Waals surface area (Å²) in [6.45, 7) is 0. The first kappa shape index (κ1) is 25.1. The molecule has 1 atom stereocenters. The Bertz CT molecular complexity index is 1370. The van der Waals surface area contributed by atoms with E-state index in [-0.39, 0.29) is 27.6 Å². The molecule has 6 nitrogen and oxygen atoms in total. The molecule has 0 aliphatic carbocycles. The van der Waals surface area contributed by atoms with Crippen LogP contribution in [0.2, 0.25) is 5.02 Å². The van der Waals surface area contributed by atoms with E-state index >= 15 is 0 Å². The van der Waals surface area contributed by atoms with Crippen molar-refractivity contribution in [2.45, 2.75) is 12.2 Å². The first-order valence-corrected chi connectivity index (χ1v) is 10.9. The number of hydrogen-bond donors (Lipinski definition) is 1. The van der Waals surface area contributed by atoms with Crippen molar-refractivity contribution in [2.24, 2.45) is 0 Å². The minimum Gasteiger partial charge on any atom is -0.507 e. The van der Waals surface area contributed by atoms with E-state index in [9.17, 15) is 27.9 Å². The Morgan fingerprint density at radius 3 is 2.28 bits per heavy atom. The number of aliphatic hydroxyl groups is 1. The number of carbonyl (C=O) groups excluding carboxylic acids is 2. The number of nitrogens with zero attached hydrogens (tertiary/aromatic N) is 1. The molecule has 4 rings (SSSR count). The second-order valence-corrected chi connectivity index (χ2v) is 8.25. The van der Waals surface area contributed by atoms with Gasteiger partial charge in [-0.1, -0.05) is 23.7 Å². The molecule has 1 N–H and O–H groups in total. The van der Waals surface area contributed by atoms with Crippen LogP contribution in [0.3, 0.4) is 0 Å².